The molecule has 1 aromatic heterocycles. The van der Waals surface area contributed by atoms with Crippen LogP contribution in [-0.4, -0.2) is 10.2 Å². The fraction of sp³-hybridized carbons (Fsp3) is 0.111. The normalized spacial score (nSPS) is 10.5. The molecule has 0 aliphatic heterocycles. The smallest absolute Gasteiger partial charge is 0.264 e. The van der Waals surface area contributed by atoms with E-state index in [4.69, 9.17) is 16.3 Å². The second-order valence-electron chi connectivity index (χ2n) is 5.30. The summed E-state index contributed by atoms with van der Waals surface area (Å²) in [5.41, 5.74) is 2.75. The van der Waals surface area contributed by atoms with Crippen molar-refractivity contribution in [1.82, 2.24) is 10.2 Å². The molecule has 4 nitrogen and oxygen atoms in total. The molecule has 0 unspecified atom stereocenters. The van der Waals surface area contributed by atoms with E-state index in [2.05, 4.69) is 16.3 Å². The number of hydrogen-bond acceptors (Lipinski definition) is 3. The van der Waals surface area contributed by atoms with Crippen molar-refractivity contribution >= 4 is 11.6 Å². The highest BCUT2D eigenvalue weighted by Crippen LogP contribution is 2.25. The van der Waals surface area contributed by atoms with Gasteiger partial charge in [0.2, 0.25) is 0 Å². The molecule has 0 fully saturated rings. The van der Waals surface area contributed by atoms with Gasteiger partial charge in [0.1, 0.15) is 11.5 Å². The Bertz CT molecular complexity index is 852. The molecular weight excluding hydrogens is 312 g/mol. The molecule has 0 aliphatic carbocycles. The monoisotopic (exact) mass is 326 g/mol. The maximum Gasteiger partial charge on any atom is 0.264 e. The van der Waals surface area contributed by atoms with Gasteiger partial charge >= 0.3 is 0 Å². The van der Waals surface area contributed by atoms with Crippen LogP contribution in [0.5, 0.6) is 11.5 Å². The van der Waals surface area contributed by atoms with E-state index in [-0.39, 0.29) is 5.56 Å². The summed E-state index contributed by atoms with van der Waals surface area (Å²) < 4.78 is 5.87. The van der Waals surface area contributed by atoms with E-state index >= 15 is 0 Å². The Morgan fingerprint density at radius 1 is 1.04 bits per heavy atom. The van der Waals surface area contributed by atoms with Gasteiger partial charge < -0.3 is 4.74 Å². The van der Waals surface area contributed by atoms with Crippen LogP contribution in [0.1, 0.15) is 16.8 Å². The van der Waals surface area contributed by atoms with E-state index in [0.717, 1.165) is 28.3 Å². The van der Waals surface area contributed by atoms with Gasteiger partial charge in [-0.05, 0) is 60.5 Å². The van der Waals surface area contributed by atoms with Crippen LogP contribution in [-0.2, 0) is 6.42 Å². The largest absolute Gasteiger partial charge is 0.457 e. The van der Waals surface area contributed by atoms with Gasteiger partial charge in [0.05, 0.1) is 5.69 Å². The van der Waals surface area contributed by atoms with Crippen molar-refractivity contribution in [2.75, 3.05) is 0 Å². The van der Waals surface area contributed by atoms with Crippen molar-refractivity contribution in [3.05, 3.63) is 86.8 Å². The topological polar surface area (TPSA) is 55.0 Å². The fourth-order valence-corrected chi connectivity index (χ4v) is 2.43. The molecule has 2 aromatic carbocycles. The van der Waals surface area contributed by atoms with Crippen LogP contribution in [0.3, 0.4) is 0 Å². The van der Waals surface area contributed by atoms with Gasteiger partial charge in [-0.3, -0.25) is 4.79 Å². The lowest BCUT2D eigenvalue weighted by Gasteiger charge is -2.09. The molecule has 5 heteroatoms. The number of aryl methyl sites for hydroxylation is 1. The molecule has 0 atom stereocenters. The minimum absolute atomic E-state index is 0.204. The molecule has 3 rings (SSSR count). The molecule has 3 aromatic rings. The van der Waals surface area contributed by atoms with Gasteiger partial charge in [0, 0.05) is 17.5 Å². The van der Waals surface area contributed by atoms with Gasteiger partial charge in [-0.25, -0.2) is 5.10 Å². The lowest BCUT2D eigenvalue weighted by atomic mass is 10.1. The SMILES string of the molecule is Cc1cc(Cc2ccc(=O)[nH]n2)cc(Oc2ccc(Cl)cc2)c1. The van der Waals surface area contributed by atoms with Gasteiger partial charge in [-0.2, -0.15) is 5.10 Å². The lowest BCUT2D eigenvalue weighted by Crippen LogP contribution is -2.07. The third-order valence-corrected chi connectivity index (χ3v) is 3.53. The van der Waals surface area contributed by atoms with E-state index in [1.165, 1.54) is 6.07 Å². The highest BCUT2D eigenvalue weighted by atomic mass is 35.5. The summed E-state index contributed by atoms with van der Waals surface area (Å²) >= 11 is 5.88. The first-order valence-corrected chi connectivity index (χ1v) is 7.55. The van der Waals surface area contributed by atoms with Crippen LogP contribution in [0.15, 0.2) is 59.4 Å². The summed E-state index contributed by atoms with van der Waals surface area (Å²) in [6, 6.07) is 16.4. The third kappa shape index (κ3) is 4.20. The van der Waals surface area contributed by atoms with Crippen molar-refractivity contribution < 1.29 is 4.74 Å². The van der Waals surface area contributed by atoms with Crippen LogP contribution < -0.4 is 10.3 Å². The maximum absolute atomic E-state index is 11.1. The molecule has 116 valence electrons. The van der Waals surface area contributed by atoms with Gasteiger partial charge in [0.25, 0.3) is 5.56 Å². The van der Waals surface area contributed by atoms with Crippen LogP contribution in [0.2, 0.25) is 5.02 Å². The molecule has 0 aliphatic rings. The number of aromatic nitrogens is 2. The molecule has 23 heavy (non-hydrogen) atoms. The molecule has 1 heterocycles. The summed E-state index contributed by atoms with van der Waals surface area (Å²) in [5, 5.41) is 7.15. The zero-order valence-electron chi connectivity index (χ0n) is 12.5. The van der Waals surface area contributed by atoms with E-state index in [9.17, 15) is 4.79 Å². The average Bonchev–Trinajstić information content (AvgIpc) is 2.51. The summed E-state index contributed by atoms with van der Waals surface area (Å²) in [6.07, 6.45) is 0.620. The zero-order valence-corrected chi connectivity index (χ0v) is 13.3. The lowest BCUT2D eigenvalue weighted by molar-refractivity contribution is 0.481. The quantitative estimate of drug-likeness (QED) is 0.784. The van der Waals surface area contributed by atoms with Crippen molar-refractivity contribution in [2.24, 2.45) is 0 Å². The molecule has 0 bridgehead atoms. The number of ether oxygens (including phenoxy) is 1. The Labute approximate surface area is 138 Å². The van der Waals surface area contributed by atoms with E-state index < -0.39 is 0 Å². The number of nitrogens with zero attached hydrogens (tertiary/aromatic N) is 1. The Morgan fingerprint density at radius 2 is 1.83 bits per heavy atom. The number of aromatic amines is 1. The molecule has 0 saturated carbocycles. The minimum Gasteiger partial charge on any atom is -0.457 e. The first kappa shape index (κ1) is 15.3. The second kappa shape index (κ2) is 6.67. The number of hydrogen-bond donors (Lipinski definition) is 1. The summed E-state index contributed by atoms with van der Waals surface area (Å²) in [4.78, 5) is 11.1. The third-order valence-electron chi connectivity index (χ3n) is 3.28. The van der Waals surface area contributed by atoms with Gasteiger partial charge in [-0.1, -0.05) is 17.7 Å². The Balaban J connectivity index is 1.82. The Morgan fingerprint density at radius 3 is 2.52 bits per heavy atom. The van der Waals surface area contributed by atoms with Gasteiger partial charge in [-0.15, -0.1) is 0 Å². The highest BCUT2D eigenvalue weighted by molar-refractivity contribution is 6.30. The van der Waals surface area contributed by atoms with Crippen LogP contribution in [0.4, 0.5) is 0 Å². The maximum atomic E-state index is 11.1. The number of nitrogens with one attached hydrogen (secondary N) is 1. The summed E-state index contributed by atoms with van der Waals surface area (Å²) in [5.74, 6) is 1.49. The van der Waals surface area contributed by atoms with Crippen LogP contribution in [0, 0.1) is 6.92 Å². The number of rotatable bonds is 4. The molecule has 0 saturated heterocycles. The molecule has 1 N–H and O–H groups in total. The number of benzene rings is 2. The zero-order chi connectivity index (χ0) is 16.2. The molecular formula is C18H15ClN2O2. The van der Waals surface area contributed by atoms with Gasteiger partial charge in [0.15, 0.2) is 0 Å². The van der Waals surface area contributed by atoms with Crippen molar-refractivity contribution in [1.29, 1.82) is 0 Å². The predicted molar refractivity (Wildman–Crippen MR) is 90.4 cm³/mol. The Kier molecular flexibility index (Phi) is 4.44. The highest BCUT2D eigenvalue weighted by Gasteiger charge is 2.04. The molecule has 0 amide bonds. The van der Waals surface area contributed by atoms with E-state index in [1.807, 2.05) is 31.2 Å². The van der Waals surface area contributed by atoms with Crippen molar-refractivity contribution in [3.63, 3.8) is 0 Å². The van der Waals surface area contributed by atoms with Crippen LogP contribution >= 0.6 is 11.6 Å². The fourth-order valence-electron chi connectivity index (χ4n) is 2.31. The Hall–Kier alpha value is -2.59. The van der Waals surface area contributed by atoms with Crippen molar-refractivity contribution in [2.45, 2.75) is 13.3 Å². The number of halogens is 1. The van der Waals surface area contributed by atoms with E-state index in [1.54, 1.807) is 18.2 Å². The van der Waals surface area contributed by atoms with Crippen LogP contribution in [0.25, 0.3) is 0 Å². The number of H-pyrrole nitrogens is 1. The summed E-state index contributed by atoms with van der Waals surface area (Å²) in [6.45, 7) is 2.01. The second-order valence-corrected chi connectivity index (χ2v) is 5.74. The van der Waals surface area contributed by atoms with E-state index in [0.29, 0.717) is 11.4 Å². The first-order valence-electron chi connectivity index (χ1n) is 7.17. The standard InChI is InChI=1S/C18H15ClN2O2/c1-12-8-13(10-15-4-7-18(22)21-20-15)11-17(9-12)23-16-5-2-14(19)3-6-16/h2-9,11H,10H2,1H3,(H,21,22). The summed E-state index contributed by atoms with van der Waals surface area (Å²) in [7, 11) is 0. The molecule has 0 spiro atoms. The minimum atomic E-state index is -0.204. The molecule has 0 radical (unpaired) electrons. The predicted octanol–water partition coefficient (Wildman–Crippen LogP) is 4.11. The average molecular weight is 327 g/mol. The van der Waals surface area contributed by atoms with Crippen molar-refractivity contribution in [3.8, 4) is 11.5 Å². The first-order chi connectivity index (χ1) is 11.1.